The molecule has 2 aromatic carbocycles. The number of rotatable bonds is 7. The Morgan fingerprint density at radius 3 is 2.11 bits per heavy atom. The highest BCUT2D eigenvalue weighted by Gasteiger charge is 2.25. The first kappa shape index (κ1) is 20.6. The number of ether oxygens (including phenoxy) is 1. The van der Waals surface area contributed by atoms with Crippen LogP contribution in [-0.4, -0.2) is 43.1 Å². The number of nitrogens with zero attached hydrogens (tertiary/aromatic N) is 1. The van der Waals surface area contributed by atoms with Gasteiger partial charge < -0.3 is 9.84 Å². The molecule has 0 aromatic heterocycles. The Kier molecular flexibility index (Phi) is 6.39. The third kappa shape index (κ3) is 4.37. The molecule has 0 fully saturated rings. The highest BCUT2D eigenvalue weighted by Crippen LogP contribution is 2.30. The second kappa shape index (κ2) is 8.35. The Morgan fingerprint density at radius 2 is 1.59 bits per heavy atom. The third-order valence-corrected chi connectivity index (χ3v) is 4.98. The molecule has 0 aliphatic heterocycles. The average Bonchev–Trinajstić information content (AvgIpc) is 2.66. The lowest BCUT2D eigenvalue weighted by atomic mass is 9.97. The van der Waals surface area contributed by atoms with E-state index in [2.05, 4.69) is 20.9 Å². The maximum atomic E-state index is 13.0. The maximum absolute atomic E-state index is 13.0. The van der Waals surface area contributed by atoms with E-state index in [9.17, 15) is 14.7 Å². The average molecular weight is 370 g/mol. The smallest absolute Gasteiger partial charge is 0.339 e. The van der Waals surface area contributed by atoms with Crippen molar-refractivity contribution in [3.63, 3.8) is 0 Å². The van der Waals surface area contributed by atoms with Gasteiger partial charge in [0, 0.05) is 17.7 Å². The van der Waals surface area contributed by atoms with E-state index in [0.29, 0.717) is 4.48 Å². The van der Waals surface area contributed by atoms with Gasteiger partial charge in [-0.1, -0.05) is 18.2 Å². The summed E-state index contributed by atoms with van der Waals surface area (Å²) in [5, 5.41) is 10.5. The number of benzene rings is 2. The zero-order valence-corrected chi connectivity index (χ0v) is 16.7. The quantitative estimate of drug-likeness (QED) is 0.451. The van der Waals surface area contributed by atoms with Gasteiger partial charge in [-0.05, 0) is 39.8 Å². The molecule has 5 heteroatoms. The summed E-state index contributed by atoms with van der Waals surface area (Å²) >= 11 is 0. The number of carbonyl (C=O) groups excluding carboxylic acids is 2. The van der Waals surface area contributed by atoms with Crippen LogP contribution in [0.1, 0.15) is 54.0 Å². The van der Waals surface area contributed by atoms with Crippen molar-refractivity contribution >= 4 is 17.4 Å². The summed E-state index contributed by atoms with van der Waals surface area (Å²) in [6.07, 6.45) is -0.285. The molecule has 0 saturated carbocycles. The minimum Gasteiger partial charge on any atom is -0.507 e. The number of phenolic OH excluding ortho intramolecular Hbond substituents is 1. The fraction of sp³-hybridized carbons (Fsp3) is 0.364. The Labute approximate surface area is 160 Å². The van der Waals surface area contributed by atoms with Crippen LogP contribution in [0.3, 0.4) is 0 Å². The molecule has 0 radical (unpaired) electrons. The van der Waals surface area contributed by atoms with Crippen molar-refractivity contribution in [1.82, 2.24) is 4.48 Å². The Hall–Kier alpha value is -2.66. The predicted molar refractivity (Wildman–Crippen MR) is 107 cm³/mol. The number of phenols is 1. The number of ketones is 1. The molecule has 0 saturated heterocycles. The number of hydrogen-bond donors (Lipinski definition) is 1. The van der Waals surface area contributed by atoms with E-state index in [1.54, 1.807) is 50.2 Å². The minimum atomic E-state index is -0.550. The molecule has 0 aliphatic rings. The second-order valence-electron chi connectivity index (χ2n) is 7.06. The molecule has 2 rings (SSSR count). The van der Waals surface area contributed by atoms with Crippen LogP contribution in [0.2, 0.25) is 0 Å². The van der Waals surface area contributed by atoms with Crippen LogP contribution >= 0.6 is 0 Å². The van der Waals surface area contributed by atoms with Crippen molar-refractivity contribution in [2.45, 2.75) is 33.8 Å². The van der Waals surface area contributed by atoms with Crippen molar-refractivity contribution in [3.05, 3.63) is 59.2 Å². The van der Waals surface area contributed by atoms with Crippen LogP contribution in [0.25, 0.3) is 0 Å². The molecule has 27 heavy (non-hydrogen) atoms. The zero-order chi connectivity index (χ0) is 20.2. The first-order valence-corrected chi connectivity index (χ1v) is 9.26. The first-order chi connectivity index (χ1) is 12.7. The SMILES string of the molecule is CC[N+](C)(CC)c1ccc(C(=O)c2ccccc2C(=O)OC(C)C)c(O)c1. The Morgan fingerprint density at radius 1 is 1.00 bits per heavy atom. The number of aromatic hydroxyl groups is 1. The minimum absolute atomic E-state index is 0.0872. The summed E-state index contributed by atoms with van der Waals surface area (Å²) in [5.41, 5.74) is 1.51. The number of quaternary nitrogens is 1. The molecule has 0 heterocycles. The van der Waals surface area contributed by atoms with E-state index < -0.39 is 11.8 Å². The van der Waals surface area contributed by atoms with Crippen molar-refractivity contribution in [3.8, 4) is 5.75 Å². The van der Waals surface area contributed by atoms with Crippen molar-refractivity contribution in [2.75, 3.05) is 20.1 Å². The molecule has 0 bridgehead atoms. The van der Waals surface area contributed by atoms with Crippen LogP contribution in [0.5, 0.6) is 5.75 Å². The lowest BCUT2D eigenvalue weighted by molar-refractivity contribution is 0.0375. The fourth-order valence-corrected chi connectivity index (χ4v) is 2.92. The van der Waals surface area contributed by atoms with Gasteiger partial charge >= 0.3 is 5.97 Å². The molecule has 144 valence electrons. The van der Waals surface area contributed by atoms with E-state index in [1.807, 2.05) is 6.07 Å². The summed E-state index contributed by atoms with van der Waals surface area (Å²) in [7, 11) is 2.08. The topological polar surface area (TPSA) is 63.6 Å². The number of carbonyl (C=O) groups is 2. The van der Waals surface area contributed by atoms with E-state index in [4.69, 9.17) is 4.74 Å². The molecular formula is C22H28NO4+. The predicted octanol–water partition coefficient (Wildman–Crippen LogP) is 4.17. The van der Waals surface area contributed by atoms with E-state index in [0.717, 1.165) is 18.8 Å². The van der Waals surface area contributed by atoms with Gasteiger partial charge in [-0.2, -0.15) is 0 Å². The molecule has 0 aliphatic carbocycles. The molecular weight excluding hydrogens is 342 g/mol. The lowest BCUT2D eigenvalue weighted by Gasteiger charge is -2.31. The van der Waals surface area contributed by atoms with Gasteiger partial charge in [0.15, 0.2) is 5.78 Å². The van der Waals surface area contributed by atoms with Gasteiger partial charge in [-0.15, -0.1) is 0 Å². The molecule has 0 amide bonds. The van der Waals surface area contributed by atoms with Crippen LogP contribution in [-0.2, 0) is 4.74 Å². The summed E-state index contributed by atoms with van der Waals surface area (Å²) in [6.45, 7) is 9.40. The van der Waals surface area contributed by atoms with Crippen LogP contribution < -0.4 is 4.48 Å². The molecule has 1 N–H and O–H groups in total. The fourth-order valence-electron chi connectivity index (χ4n) is 2.92. The number of hydrogen-bond acceptors (Lipinski definition) is 4. The van der Waals surface area contributed by atoms with Crippen molar-refractivity contribution in [2.24, 2.45) is 0 Å². The van der Waals surface area contributed by atoms with Crippen LogP contribution in [0.15, 0.2) is 42.5 Å². The highest BCUT2D eigenvalue weighted by atomic mass is 16.5. The normalized spacial score (nSPS) is 11.5. The first-order valence-electron chi connectivity index (χ1n) is 9.26. The Balaban J connectivity index is 2.44. The second-order valence-corrected chi connectivity index (χ2v) is 7.06. The van der Waals surface area contributed by atoms with Gasteiger partial charge in [0.05, 0.1) is 37.4 Å². The van der Waals surface area contributed by atoms with Gasteiger partial charge in [-0.3, -0.25) is 9.28 Å². The van der Waals surface area contributed by atoms with Crippen LogP contribution in [0, 0.1) is 0 Å². The molecule has 2 aromatic rings. The zero-order valence-electron chi connectivity index (χ0n) is 16.7. The Bertz CT molecular complexity index is 838. The van der Waals surface area contributed by atoms with Gasteiger partial charge in [0.25, 0.3) is 0 Å². The maximum Gasteiger partial charge on any atom is 0.339 e. The lowest BCUT2D eigenvalue weighted by Crippen LogP contribution is -2.44. The van der Waals surface area contributed by atoms with Gasteiger partial charge in [0.2, 0.25) is 0 Å². The molecule has 0 atom stereocenters. The molecule has 0 spiro atoms. The third-order valence-electron chi connectivity index (χ3n) is 4.98. The van der Waals surface area contributed by atoms with Crippen LogP contribution in [0.4, 0.5) is 5.69 Å². The van der Waals surface area contributed by atoms with Gasteiger partial charge in [-0.25, -0.2) is 4.79 Å². The molecule has 5 nitrogen and oxygen atoms in total. The number of esters is 1. The summed E-state index contributed by atoms with van der Waals surface area (Å²) in [4.78, 5) is 25.3. The van der Waals surface area contributed by atoms with Gasteiger partial charge in [0.1, 0.15) is 11.4 Å². The standard InChI is InChI=1S/C22H27NO4/c1-6-23(5,7-2)16-12-13-19(20(24)14-16)21(25)17-10-8-9-11-18(17)22(26)27-15(3)4/h8-15H,6-7H2,1-5H3/p+1. The summed E-state index contributed by atoms with van der Waals surface area (Å²) in [5.74, 6) is -1.04. The summed E-state index contributed by atoms with van der Waals surface area (Å²) in [6, 6.07) is 11.6. The monoisotopic (exact) mass is 370 g/mol. The van der Waals surface area contributed by atoms with Crippen molar-refractivity contribution < 1.29 is 19.4 Å². The van der Waals surface area contributed by atoms with Crippen molar-refractivity contribution in [1.29, 1.82) is 0 Å². The summed E-state index contributed by atoms with van der Waals surface area (Å²) < 4.78 is 5.88. The van der Waals surface area contributed by atoms with E-state index in [-0.39, 0.29) is 28.5 Å². The highest BCUT2D eigenvalue weighted by molar-refractivity contribution is 6.15. The largest absolute Gasteiger partial charge is 0.507 e. The van der Waals surface area contributed by atoms with E-state index in [1.165, 1.54) is 0 Å². The van der Waals surface area contributed by atoms with E-state index >= 15 is 0 Å². The molecule has 0 unspecified atom stereocenters.